The van der Waals surface area contributed by atoms with Gasteiger partial charge in [0.25, 0.3) is 5.91 Å². The quantitative estimate of drug-likeness (QED) is 0.874. The van der Waals surface area contributed by atoms with Gasteiger partial charge in [0, 0.05) is 11.1 Å². The highest BCUT2D eigenvalue weighted by atomic mass is 35.5. The highest BCUT2D eigenvalue weighted by molar-refractivity contribution is 6.32. The Morgan fingerprint density at radius 3 is 2.62 bits per heavy atom. The first kappa shape index (κ1) is 14.5. The molecule has 0 aromatic heterocycles. The van der Waals surface area contributed by atoms with Gasteiger partial charge in [0.15, 0.2) is 0 Å². The van der Waals surface area contributed by atoms with Gasteiger partial charge in [-0.25, -0.2) is 4.90 Å². The van der Waals surface area contributed by atoms with Gasteiger partial charge in [-0.1, -0.05) is 30.5 Å². The van der Waals surface area contributed by atoms with Crippen molar-refractivity contribution < 1.29 is 9.59 Å². The lowest BCUT2D eigenvalue weighted by Crippen LogP contribution is -2.42. The van der Waals surface area contributed by atoms with Crippen LogP contribution in [0.1, 0.15) is 37.7 Å². The zero-order chi connectivity index (χ0) is 15.0. The Morgan fingerprint density at radius 2 is 1.95 bits per heavy atom. The fourth-order valence-electron chi connectivity index (χ4n) is 3.13. The number of hydrogen-bond acceptors (Lipinski definition) is 3. The van der Waals surface area contributed by atoms with Crippen LogP contribution >= 0.6 is 11.6 Å². The maximum atomic E-state index is 12.5. The summed E-state index contributed by atoms with van der Waals surface area (Å²) in [6, 6.07) is 5.27. The molecule has 1 heterocycles. The molecular weight excluding hydrogens is 288 g/mol. The Bertz CT molecular complexity index is 582. The summed E-state index contributed by atoms with van der Waals surface area (Å²) in [5, 5.41) is 3.91. The second-order valence-corrected chi connectivity index (χ2v) is 6.31. The maximum absolute atomic E-state index is 12.5. The molecule has 2 amide bonds. The van der Waals surface area contributed by atoms with Crippen molar-refractivity contribution in [2.75, 3.05) is 4.90 Å². The molecule has 4 nitrogen and oxygen atoms in total. The normalized spacial score (nSPS) is 23.3. The van der Waals surface area contributed by atoms with Crippen LogP contribution in [-0.2, 0) is 9.59 Å². The van der Waals surface area contributed by atoms with Crippen LogP contribution in [0, 0.1) is 6.92 Å². The summed E-state index contributed by atoms with van der Waals surface area (Å²) in [7, 11) is 0. The van der Waals surface area contributed by atoms with Gasteiger partial charge in [0.05, 0.1) is 18.2 Å². The standard InChI is InChI=1S/C16H19ClN2O2/c1-10-6-7-12(8-13(10)17)19-15(20)9-14(16(19)21)18-11-4-2-3-5-11/h6-8,11,14,18H,2-5,9H2,1H3. The molecule has 1 atom stereocenters. The smallest absolute Gasteiger partial charge is 0.251 e. The van der Waals surface area contributed by atoms with Gasteiger partial charge in [-0.2, -0.15) is 0 Å². The predicted octanol–water partition coefficient (Wildman–Crippen LogP) is 2.81. The van der Waals surface area contributed by atoms with E-state index in [2.05, 4.69) is 5.32 Å². The molecule has 21 heavy (non-hydrogen) atoms. The van der Waals surface area contributed by atoms with Crippen LogP contribution < -0.4 is 10.2 Å². The molecular formula is C16H19ClN2O2. The molecule has 2 fully saturated rings. The van der Waals surface area contributed by atoms with Crippen LogP contribution in [0.2, 0.25) is 5.02 Å². The molecule has 0 bridgehead atoms. The average Bonchev–Trinajstić information content (AvgIpc) is 3.03. The van der Waals surface area contributed by atoms with Crippen molar-refractivity contribution in [3.8, 4) is 0 Å². The van der Waals surface area contributed by atoms with E-state index in [1.54, 1.807) is 12.1 Å². The number of nitrogens with one attached hydrogen (secondary N) is 1. The minimum Gasteiger partial charge on any atom is -0.303 e. The van der Waals surface area contributed by atoms with Crippen LogP contribution in [-0.4, -0.2) is 23.9 Å². The number of imide groups is 1. The van der Waals surface area contributed by atoms with E-state index in [4.69, 9.17) is 11.6 Å². The van der Waals surface area contributed by atoms with E-state index in [0.717, 1.165) is 18.4 Å². The fourth-order valence-corrected chi connectivity index (χ4v) is 3.31. The van der Waals surface area contributed by atoms with Gasteiger partial charge in [-0.05, 0) is 37.5 Å². The SMILES string of the molecule is Cc1ccc(N2C(=O)CC(NC3CCCC3)C2=O)cc1Cl. The second-order valence-electron chi connectivity index (χ2n) is 5.91. The lowest BCUT2D eigenvalue weighted by atomic mass is 10.2. The molecule has 3 rings (SSSR count). The Kier molecular flexibility index (Phi) is 4.00. The summed E-state index contributed by atoms with van der Waals surface area (Å²) in [4.78, 5) is 25.9. The van der Waals surface area contributed by atoms with Gasteiger partial charge < -0.3 is 5.32 Å². The summed E-state index contributed by atoms with van der Waals surface area (Å²) >= 11 is 6.10. The van der Waals surface area contributed by atoms with E-state index in [1.807, 2.05) is 13.0 Å². The maximum Gasteiger partial charge on any atom is 0.251 e. The van der Waals surface area contributed by atoms with Gasteiger partial charge in [-0.15, -0.1) is 0 Å². The topological polar surface area (TPSA) is 49.4 Å². The van der Waals surface area contributed by atoms with Crippen LogP contribution in [0.5, 0.6) is 0 Å². The van der Waals surface area contributed by atoms with Gasteiger partial charge in [0.2, 0.25) is 5.91 Å². The number of anilines is 1. The Labute approximate surface area is 129 Å². The number of benzene rings is 1. The van der Waals surface area contributed by atoms with Gasteiger partial charge >= 0.3 is 0 Å². The second kappa shape index (κ2) is 5.78. The van der Waals surface area contributed by atoms with Crippen LogP contribution in [0.25, 0.3) is 0 Å². The van der Waals surface area contributed by atoms with Crippen molar-refractivity contribution in [2.24, 2.45) is 0 Å². The first-order chi connectivity index (χ1) is 10.1. The van der Waals surface area contributed by atoms with E-state index in [-0.39, 0.29) is 24.3 Å². The predicted molar refractivity (Wildman–Crippen MR) is 82.5 cm³/mol. The monoisotopic (exact) mass is 306 g/mol. The van der Waals surface area contributed by atoms with Crippen molar-refractivity contribution in [2.45, 2.75) is 51.1 Å². The van der Waals surface area contributed by atoms with Crippen LogP contribution in [0.15, 0.2) is 18.2 Å². The third-order valence-corrected chi connectivity index (χ3v) is 4.76. The number of halogens is 1. The number of carbonyl (C=O) groups excluding carboxylic acids is 2. The van der Waals surface area contributed by atoms with E-state index >= 15 is 0 Å². The molecule has 1 aliphatic heterocycles. The molecule has 0 radical (unpaired) electrons. The van der Waals surface area contributed by atoms with Crippen molar-refractivity contribution >= 4 is 29.1 Å². The average molecular weight is 307 g/mol. The zero-order valence-electron chi connectivity index (χ0n) is 12.1. The summed E-state index contributed by atoms with van der Waals surface area (Å²) < 4.78 is 0. The van der Waals surface area contributed by atoms with Crippen LogP contribution in [0.3, 0.4) is 0 Å². The summed E-state index contributed by atoms with van der Waals surface area (Å²) in [6.45, 7) is 1.89. The zero-order valence-corrected chi connectivity index (χ0v) is 12.8. The number of hydrogen-bond donors (Lipinski definition) is 1. The highest BCUT2D eigenvalue weighted by Crippen LogP contribution is 2.28. The molecule has 1 aliphatic carbocycles. The molecule has 112 valence electrons. The lowest BCUT2D eigenvalue weighted by Gasteiger charge is -2.18. The van der Waals surface area contributed by atoms with E-state index < -0.39 is 0 Å². The Balaban J connectivity index is 1.78. The number of carbonyl (C=O) groups is 2. The third kappa shape index (κ3) is 2.83. The van der Waals surface area contributed by atoms with Crippen molar-refractivity contribution in [1.82, 2.24) is 5.32 Å². The Hall–Kier alpha value is -1.39. The number of aryl methyl sites for hydroxylation is 1. The summed E-state index contributed by atoms with van der Waals surface area (Å²) in [6.07, 6.45) is 4.82. The number of nitrogens with zero attached hydrogens (tertiary/aromatic N) is 1. The minimum atomic E-state index is -0.388. The number of amides is 2. The van der Waals surface area contributed by atoms with E-state index in [0.29, 0.717) is 16.8 Å². The highest BCUT2D eigenvalue weighted by Gasteiger charge is 2.40. The van der Waals surface area contributed by atoms with Crippen molar-refractivity contribution in [3.63, 3.8) is 0 Å². The largest absolute Gasteiger partial charge is 0.303 e. The third-order valence-electron chi connectivity index (χ3n) is 4.35. The van der Waals surface area contributed by atoms with E-state index in [1.165, 1.54) is 17.7 Å². The molecule has 1 saturated heterocycles. The molecule has 1 aromatic rings. The van der Waals surface area contributed by atoms with E-state index in [9.17, 15) is 9.59 Å². The first-order valence-corrected chi connectivity index (χ1v) is 7.83. The van der Waals surface area contributed by atoms with Crippen molar-refractivity contribution in [3.05, 3.63) is 28.8 Å². The minimum absolute atomic E-state index is 0.157. The molecule has 1 unspecified atom stereocenters. The molecule has 0 spiro atoms. The molecule has 2 aliphatic rings. The van der Waals surface area contributed by atoms with Gasteiger partial charge in [-0.3, -0.25) is 9.59 Å². The van der Waals surface area contributed by atoms with Crippen LogP contribution in [0.4, 0.5) is 5.69 Å². The summed E-state index contributed by atoms with van der Waals surface area (Å²) in [5.74, 6) is -0.317. The molecule has 1 saturated carbocycles. The van der Waals surface area contributed by atoms with Gasteiger partial charge in [0.1, 0.15) is 0 Å². The van der Waals surface area contributed by atoms with Crippen molar-refractivity contribution in [1.29, 1.82) is 0 Å². The molecule has 5 heteroatoms. The molecule has 1 aromatic carbocycles. The first-order valence-electron chi connectivity index (χ1n) is 7.45. The Morgan fingerprint density at radius 1 is 1.24 bits per heavy atom. The molecule has 1 N–H and O–H groups in total. The summed E-state index contributed by atoms with van der Waals surface area (Å²) in [5.41, 5.74) is 1.50. The number of rotatable bonds is 3. The lowest BCUT2D eigenvalue weighted by molar-refractivity contribution is -0.121. The fraction of sp³-hybridized carbons (Fsp3) is 0.500.